The lowest BCUT2D eigenvalue weighted by atomic mass is 10.0. The normalized spacial score (nSPS) is 18.7. The van der Waals surface area contributed by atoms with Gasteiger partial charge in [-0.1, -0.05) is 0 Å². The molecule has 0 aliphatic carbocycles. The molecule has 0 aromatic carbocycles. The first kappa shape index (κ1) is 19.2. The van der Waals surface area contributed by atoms with E-state index in [4.69, 9.17) is 4.74 Å². The zero-order valence-electron chi connectivity index (χ0n) is 15.5. The number of halogens is 2. The van der Waals surface area contributed by atoms with Crippen LogP contribution in [-0.2, 0) is 4.74 Å². The maximum atomic E-state index is 12.8. The van der Waals surface area contributed by atoms with E-state index in [0.29, 0.717) is 26.2 Å². The van der Waals surface area contributed by atoms with Gasteiger partial charge in [-0.2, -0.15) is 0 Å². The Balaban J connectivity index is 1.65. The molecule has 0 N–H and O–H groups in total. The molecule has 3 rings (SSSR count). The summed E-state index contributed by atoms with van der Waals surface area (Å²) >= 11 is 3.48. The summed E-state index contributed by atoms with van der Waals surface area (Å²) < 4.78 is 19.1. The van der Waals surface area contributed by atoms with Gasteiger partial charge in [0.05, 0.1) is 12.4 Å². The van der Waals surface area contributed by atoms with Gasteiger partial charge in [-0.3, -0.25) is 4.39 Å². The Morgan fingerprint density at radius 2 is 1.92 bits per heavy atom. The Morgan fingerprint density at radius 3 is 2.50 bits per heavy atom. The van der Waals surface area contributed by atoms with Gasteiger partial charge in [0.25, 0.3) is 0 Å². The summed E-state index contributed by atoms with van der Waals surface area (Å²) in [6, 6.07) is 2.04. The van der Waals surface area contributed by atoms with E-state index in [9.17, 15) is 9.18 Å². The number of amides is 1. The van der Waals surface area contributed by atoms with Crippen molar-refractivity contribution in [1.82, 2.24) is 9.88 Å². The SMILES string of the molecule is CC(C)(C)OC(=O)N1CCN(c2ncc(Br)cc2N2CC(CF)C2)CC1. The molecular weight excluding hydrogens is 403 g/mol. The van der Waals surface area contributed by atoms with Crippen molar-refractivity contribution in [2.75, 3.05) is 55.7 Å². The van der Waals surface area contributed by atoms with Gasteiger partial charge < -0.3 is 19.4 Å². The lowest BCUT2D eigenvalue weighted by Gasteiger charge is -2.43. The molecule has 0 unspecified atom stereocenters. The molecule has 0 radical (unpaired) electrons. The highest BCUT2D eigenvalue weighted by Crippen LogP contribution is 2.35. The highest BCUT2D eigenvalue weighted by Gasteiger charge is 2.32. The van der Waals surface area contributed by atoms with Crippen molar-refractivity contribution in [1.29, 1.82) is 0 Å². The van der Waals surface area contributed by atoms with Gasteiger partial charge in [-0.15, -0.1) is 0 Å². The van der Waals surface area contributed by atoms with Crippen LogP contribution < -0.4 is 9.80 Å². The zero-order chi connectivity index (χ0) is 18.9. The van der Waals surface area contributed by atoms with Gasteiger partial charge in [-0.05, 0) is 42.8 Å². The molecule has 0 saturated carbocycles. The first-order chi connectivity index (χ1) is 12.3. The number of anilines is 2. The van der Waals surface area contributed by atoms with Crippen LogP contribution in [0.25, 0.3) is 0 Å². The van der Waals surface area contributed by atoms with E-state index in [0.717, 1.165) is 29.1 Å². The number of alkyl halides is 1. The lowest BCUT2D eigenvalue weighted by Crippen LogP contribution is -2.52. The van der Waals surface area contributed by atoms with E-state index < -0.39 is 5.60 Å². The molecule has 2 aliphatic heterocycles. The second kappa shape index (κ2) is 7.58. The Kier molecular flexibility index (Phi) is 5.60. The minimum atomic E-state index is -0.487. The third kappa shape index (κ3) is 4.39. The first-order valence-electron chi connectivity index (χ1n) is 8.96. The van der Waals surface area contributed by atoms with Crippen molar-refractivity contribution in [3.8, 4) is 0 Å². The second-order valence-electron chi connectivity index (χ2n) is 7.88. The smallest absolute Gasteiger partial charge is 0.410 e. The number of hydrogen-bond donors (Lipinski definition) is 0. The molecule has 0 bridgehead atoms. The molecule has 144 valence electrons. The van der Waals surface area contributed by atoms with Crippen LogP contribution >= 0.6 is 15.9 Å². The molecule has 1 aromatic heterocycles. The standard InChI is InChI=1S/C18H26BrFN4O2/c1-18(2,3)26-17(25)23-6-4-22(5-7-23)16-15(8-14(19)10-21-16)24-11-13(9-20)12-24/h8,10,13H,4-7,9,11-12H2,1-3H3. The molecule has 2 saturated heterocycles. The van der Waals surface area contributed by atoms with Crippen LogP contribution in [0.3, 0.4) is 0 Å². The summed E-state index contributed by atoms with van der Waals surface area (Å²) in [5.74, 6) is 1.01. The van der Waals surface area contributed by atoms with Gasteiger partial charge in [0, 0.05) is 55.9 Å². The van der Waals surface area contributed by atoms with Crippen molar-refractivity contribution < 1.29 is 13.9 Å². The molecular formula is C18H26BrFN4O2. The van der Waals surface area contributed by atoms with Gasteiger partial charge >= 0.3 is 6.09 Å². The van der Waals surface area contributed by atoms with E-state index in [2.05, 4.69) is 30.7 Å². The maximum Gasteiger partial charge on any atom is 0.410 e. The van der Waals surface area contributed by atoms with E-state index in [1.165, 1.54) is 0 Å². The molecule has 8 heteroatoms. The topological polar surface area (TPSA) is 48.9 Å². The molecule has 6 nitrogen and oxygen atoms in total. The van der Waals surface area contributed by atoms with Crippen LogP contribution in [0, 0.1) is 5.92 Å². The largest absolute Gasteiger partial charge is 0.444 e. The minimum absolute atomic E-state index is 0.117. The minimum Gasteiger partial charge on any atom is -0.444 e. The maximum absolute atomic E-state index is 12.8. The number of pyridine rings is 1. The summed E-state index contributed by atoms with van der Waals surface area (Å²) in [6.07, 6.45) is 1.51. The quantitative estimate of drug-likeness (QED) is 0.738. The molecule has 0 atom stereocenters. The van der Waals surface area contributed by atoms with Gasteiger partial charge in [0.15, 0.2) is 5.82 Å². The van der Waals surface area contributed by atoms with Crippen LogP contribution in [0.5, 0.6) is 0 Å². The number of nitrogens with zero attached hydrogens (tertiary/aromatic N) is 4. The third-order valence-electron chi connectivity index (χ3n) is 4.56. The third-order valence-corrected chi connectivity index (χ3v) is 4.99. The number of carbonyl (C=O) groups excluding carboxylic acids is 1. The zero-order valence-corrected chi connectivity index (χ0v) is 17.1. The number of ether oxygens (including phenoxy) is 1. The van der Waals surface area contributed by atoms with Crippen molar-refractivity contribution in [3.05, 3.63) is 16.7 Å². The Morgan fingerprint density at radius 1 is 1.27 bits per heavy atom. The van der Waals surface area contributed by atoms with E-state index in [1.54, 1.807) is 11.1 Å². The number of carbonyl (C=O) groups is 1. The van der Waals surface area contributed by atoms with Crippen molar-refractivity contribution in [2.24, 2.45) is 5.92 Å². The summed E-state index contributed by atoms with van der Waals surface area (Å²) in [6.45, 7) is 9.37. The fourth-order valence-corrected chi connectivity index (χ4v) is 3.51. The molecule has 2 fully saturated rings. The molecule has 1 amide bonds. The Labute approximate surface area is 162 Å². The number of rotatable bonds is 3. The van der Waals surface area contributed by atoms with Gasteiger partial charge in [0.1, 0.15) is 5.60 Å². The summed E-state index contributed by atoms with van der Waals surface area (Å²) in [7, 11) is 0. The average Bonchev–Trinajstić information content (AvgIpc) is 2.53. The van der Waals surface area contributed by atoms with Crippen molar-refractivity contribution in [2.45, 2.75) is 26.4 Å². The highest BCUT2D eigenvalue weighted by molar-refractivity contribution is 9.10. The van der Waals surface area contributed by atoms with E-state index in [1.807, 2.05) is 26.8 Å². The number of piperazine rings is 1. The second-order valence-corrected chi connectivity index (χ2v) is 8.79. The summed E-state index contributed by atoms with van der Waals surface area (Å²) in [5, 5.41) is 0. The van der Waals surface area contributed by atoms with Crippen LogP contribution in [0.1, 0.15) is 20.8 Å². The Bertz CT molecular complexity index is 653. The number of aromatic nitrogens is 1. The van der Waals surface area contributed by atoms with Crippen LogP contribution in [0.2, 0.25) is 0 Å². The first-order valence-corrected chi connectivity index (χ1v) is 9.75. The molecule has 1 aromatic rings. The van der Waals surface area contributed by atoms with Crippen molar-refractivity contribution >= 4 is 33.5 Å². The number of hydrogen-bond acceptors (Lipinski definition) is 5. The Hall–Kier alpha value is -1.57. The predicted molar refractivity (Wildman–Crippen MR) is 104 cm³/mol. The van der Waals surface area contributed by atoms with Gasteiger partial charge in [-0.25, -0.2) is 9.78 Å². The fourth-order valence-electron chi connectivity index (χ4n) is 3.19. The summed E-state index contributed by atoms with van der Waals surface area (Å²) in [4.78, 5) is 22.9. The lowest BCUT2D eigenvalue weighted by molar-refractivity contribution is 0.0240. The monoisotopic (exact) mass is 428 g/mol. The molecule has 0 spiro atoms. The van der Waals surface area contributed by atoms with E-state index >= 15 is 0 Å². The predicted octanol–water partition coefficient (Wildman–Crippen LogP) is 3.31. The van der Waals surface area contributed by atoms with Gasteiger partial charge in [0.2, 0.25) is 0 Å². The molecule has 3 heterocycles. The average molecular weight is 429 g/mol. The molecule has 2 aliphatic rings. The van der Waals surface area contributed by atoms with Crippen LogP contribution in [0.15, 0.2) is 16.7 Å². The molecule has 26 heavy (non-hydrogen) atoms. The fraction of sp³-hybridized carbons (Fsp3) is 0.667. The summed E-state index contributed by atoms with van der Waals surface area (Å²) in [5.41, 5.74) is 0.536. The van der Waals surface area contributed by atoms with Crippen LogP contribution in [-0.4, -0.2) is 67.5 Å². The van der Waals surface area contributed by atoms with Crippen molar-refractivity contribution in [3.63, 3.8) is 0 Å². The van der Waals surface area contributed by atoms with Crippen LogP contribution in [0.4, 0.5) is 20.7 Å². The van der Waals surface area contributed by atoms with E-state index in [-0.39, 0.29) is 18.7 Å². The highest BCUT2D eigenvalue weighted by atomic mass is 79.9.